The van der Waals surface area contributed by atoms with Gasteiger partial charge in [0, 0.05) is 5.92 Å². The quantitative estimate of drug-likeness (QED) is 0.750. The van der Waals surface area contributed by atoms with E-state index in [-0.39, 0.29) is 12.3 Å². The van der Waals surface area contributed by atoms with Crippen LogP contribution >= 0.6 is 0 Å². The number of hydrogen-bond acceptors (Lipinski definition) is 5. The van der Waals surface area contributed by atoms with Crippen LogP contribution in [0.4, 0.5) is 0 Å². The van der Waals surface area contributed by atoms with Crippen molar-refractivity contribution < 1.29 is 14.4 Å². The summed E-state index contributed by atoms with van der Waals surface area (Å²) in [5.74, 6) is 0.946. The standard InChI is InChI=1S/C17H29N3O3/c1-20(2)12-15-18-17(23-19-15)14(11-16(21)22)10-6-9-13-7-4-3-5-8-13/h13-14H,3-12H2,1-2H3,(H,21,22)/t14-/m1/s1. The Morgan fingerprint density at radius 3 is 2.74 bits per heavy atom. The number of carboxylic acid groups (broad SMARTS) is 1. The average molecular weight is 323 g/mol. The van der Waals surface area contributed by atoms with E-state index in [2.05, 4.69) is 10.1 Å². The van der Waals surface area contributed by atoms with Gasteiger partial charge in [0.15, 0.2) is 5.82 Å². The van der Waals surface area contributed by atoms with Gasteiger partial charge in [-0.25, -0.2) is 0 Å². The molecule has 6 nitrogen and oxygen atoms in total. The number of aromatic nitrogens is 2. The fourth-order valence-corrected chi connectivity index (χ4v) is 3.43. The molecule has 0 aliphatic heterocycles. The van der Waals surface area contributed by atoms with Crippen LogP contribution in [-0.4, -0.2) is 40.2 Å². The van der Waals surface area contributed by atoms with Gasteiger partial charge in [-0.3, -0.25) is 4.79 Å². The van der Waals surface area contributed by atoms with E-state index in [1.165, 1.54) is 38.5 Å². The molecule has 6 heteroatoms. The molecule has 23 heavy (non-hydrogen) atoms. The molecule has 0 spiro atoms. The molecule has 1 heterocycles. The van der Waals surface area contributed by atoms with Gasteiger partial charge in [-0.15, -0.1) is 0 Å². The molecule has 0 saturated heterocycles. The number of aliphatic carboxylic acids is 1. The SMILES string of the molecule is CN(C)Cc1noc([C@H](CCCC2CCCCC2)CC(=O)O)n1. The minimum absolute atomic E-state index is 0.0638. The molecule has 0 aromatic carbocycles. The maximum atomic E-state index is 11.1. The molecule has 1 N–H and O–H groups in total. The van der Waals surface area contributed by atoms with E-state index >= 15 is 0 Å². The zero-order valence-corrected chi connectivity index (χ0v) is 14.3. The van der Waals surface area contributed by atoms with Crippen LogP contribution in [0.5, 0.6) is 0 Å². The fraction of sp³-hybridized carbons (Fsp3) is 0.824. The van der Waals surface area contributed by atoms with Crippen molar-refractivity contribution in [1.29, 1.82) is 0 Å². The van der Waals surface area contributed by atoms with E-state index in [4.69, 9.17) is 9.63 Å². The summed E-state index contributed by atoms with van der Waals surface area (Å²) in [6, 6.07) is 0. The topological polar surface area (TPSA) is 79.5 Å². The van der Waals surface area contributed by atoms with Crippen molar-refractivity contribution in [3.8, 4) is 0 Å². The number of hydrogen-bond donors (Lipinski definition) is 1. The van der Waals surface area contributed by atoms with Crippen molar-refractivity contribution in [2.24, 2.45) is 5.92 Å². The van der Waals surface area contributed by atoms with Crippen LogP contribution in [0.2, 0.25) is 0 Å². The molecule has 0 bridgehead atoms. The Morgan fingerprint density at radius 1 is 1.35 bits per heavy atom. The average Bonchev–Trinajstić information content (AvgIpc) is 2.94. The molecule has 1 saturated carbocycles. The summed E-state index contributed by atoms with van der Waals surface area (Å²) in [6.07, 6.45) is 9.83. The van der Waals surface area contributed by atoms with Crippen molar-refractivity contribution in [3.05, 3.63) is 11.7 Å². The zero-order chi connectivity index (χ0) is 16.7. The molecule has 1 aromatic rings. The zero-order valence-electron chi connectivity index (χ0n) is 14.3. The van der Waals surface area contributed by atoms with Crippen LogP contribution in [-0.2, 0) is 11.3 Å². The minimum Gasteiger partial charge on any atom is -0.481 e. The number of nitrogens with zero attached hydrogens (tertiary/aromatic N) is 3. The molecule has 0 amide bonds. The van der Waals surface area contributed by atoms with Gasteiger partial charge in [0.1, 0.15) is 0 Å². The second-order valence-electron chi connectivity index (χ2n) is 7.02. The van der Waals surface area contributed by atoms with E-state index in [1.807, 2.05) is 19.0 Å². The Hall–Kier alpha value is -1.43. The van der Waals surface area contributed by atoms with Crippen LogP contribution in [0, 0.1) is 5.92 Å². The van der Waals surface area contributed by atoms with Gasteiger partial charge in [-0.05, 0) is 26.4 Å². The van der Waals surface area contributed by atoms with Crippen molar-refractivity contribution in [2.75, 3.05) is 14.1 Å². The maximum absolute atomic E-state index is 11.1. The molecule has 130 valence electrons. The number of carboxylic acids is 1. The molecule has 0 radical (unpaired) electrons. The Labute approximate surface area is 138 Å². The van der Waals surface area contributed by atoms with Crippen LogP contribution in [0.1, 0.15) is 75.4 Å². The number of rotatable bonds is 9. The van der Waals surface area contributed by atoms with Gasteiger partial charge in [-0.1, -0.05) is 50.1 Å². The first-order chi connectivity index (χ1) is 11.0. The molecule has 2 rings (SSSR count). The Bertz CT molecular complexity index is 481. The van der Waals surface area contributed by atoms with Crippen LogP contribution < -0.4 is 0 Å². The molecule has 0 unspecified atom stereocenters. The van der Waals surface area contributed by atoms with E-state index in [0.29, 0.717) is 18.3 Å². The maximum Gasteiger partial charge on any atom is 0.304 e. The highest BCUT2D eigenvalue weighted by Gasteiger charge is 2.23. The fourth-order valence-electron chi connectivity index (χ4n) is 3.43. The second-order valence-corrected chi connectivity index (χ2v) is 7.02. The van der Waals surface area contributed by atoms with Crippen LogP contribution in [0.25, 0.3) is 0 Å². The largest absolute Gasteiger partial charge is 0.481 e. The molecule has 1 fully saturated rings. The lowest BCUT2D eigenvalue weighted by atomic mass is 9.84. The molecular weight excluding hydrogens is 294 g/mol. The summed E-state index contributed by atoms with van der Waals surface area (Å²) < 4.78 is 5.32. The monoisotopic (exact) mass is 323 g/mol. The predicted octanol–water partition coefficient (Wildman–Crippen LogP) is 3.44. The first-order valence-electron chi connectivity index (χ1n) is 8.73. The van der Waals surface area contributed by atoms with Crippen molar-refractivity contribution in [3.63, 3.8) is 0 Å². The second kappa shape index (κ2) is 9.01. The van der Waals surface area contributed by atoms with Crippen molar-refractivity contribution >= 4 is 5.97 Å². The molecule has 1 aromatic heterocycles. The molecule has 1 atom stereocenters. The lowest BCUT2D eigenvalue weighted by molar-refractivity contribution is -0.137. The summed E-state index contributed by atoms with van der Waals surface area (Å²) in [5.41, 5.74) is 0. The van der Waals surface area contributed by atoms with E-state index in [9.17, 15) is 4.79 Å². The normalized spacial score (nSPS) is 17.5. The van der Waals surface area contributed by atoms with Crippen molar-refractivity contribution in [1.82, 2.24) is 15.0 Å². The first kappa shape index (κ1) is 17.9. The summed E-state index contributed by atoms with van der Waals surface area (Å²) in [6.45, 7) is 0.603. The summed E-state index contributed by atoms with van der Waals surface area (Å²) >= 11 is 0. The highest BCUT2D eigenvalue weighted by molar-refractivity contribution is 5.67. The molecular formula is C17H29N3O3. The van der Waals surface area contributed by atoms with E-state index < -0.39 is 5.97 Å². The van der Waals surface area contributed by atoms with E-state index in [0.717, 1.165) is 18.8 Å². The summed E-state index contributed by atoms with van der Waals surface area (Å²) in [4.78, 5) is 17.5. The smallest absolute Gasteiger partial charge is 0.304 e. The lowest BCUT2D eigenvalue weighted by Crippen LogP contribution is -2.12. The van der Waals surface area contributed by atoms with Gasteiger partial charge in [0.25, 0.3) is 0 Å². The van der Waals surface area contributed by atoms with E-state index in [1.54, 1.807) is 0 Å². The Morgan fingerprint density at radius 2 is 2.09 bits per heavy atom. The lowest BCUT2D eigenvalue weighted by Gasteiger charge is -2.21. The first-order valence-corrected chi connectivity index (χ1v) is 8.73. The minimum atomic E-state index is -0.806. The Balaban J connectivity index is 1.87. The molecule has 1 aliphatic carbocycles. The third-order valence-corrected chi connectivity index (χ3v) is 4.60. The Kier molecular flexibility index (Phi) is 7.02. The van der Waals surface area contributed by atoms with Gasteiger partial charge >= 0.3 is 5.97 Å². The van der Waals surface area contributed by atoms with Gasteiger partial charge in [0.05, 0.1) is 13.0 Å². The third kappa shape index (κ3) is 6.29. The number of carbonyl (C=O) groups is 1. The summed E-state index contributed by atoms with van der Waals surface area (Å²) in [7, 11) is 3.88. The van der Waals surface area contributed by atoms with Crippen molar-refractivity contribution in [2.45, 2.75) is 70.3 Å². The van der Waals surface area contributed by atoms with Gasteiger partial charge < -0.3 is 14.5 Å². The van der Waals surface area contributed by atoms with Crippen LogP contribution in [0.15, 0.2) is 4.52 Å². The van der Waals surface area contributed by atoms with Gasteiger partial charge in [0.2, 0.25) is 5.89 Å². The highest BCUT2D eigenvalue weighted by Crippen LogP contribution is 2.31. The predicted molar refractivity (Wildman–Crippen MR) is 87.1 cm³/mol. The summed E-state index contributed by atoms with van der Waals surface area (Å²) in [5, 5.41) is 13.1. The third-order valence-electron chi connectivity index (χ3n) is 4.60. The highest BCUT2D eigenvalue weighted by atomic mass is 16.5. The van der Waals surface area contributed by atoms with Crippen LogP contribution in [0.3, 0.4) is 0 Å². The van der Waals surface area contributed by atoms with Gasteiger partial charge in [-0.2, -0.15) is 4.98 Å². The molecule has 1 aliphatic rings.